The van der Waals surface area contributed by atoms with Crippen LogP contribution in [0, 0.1) is 0 Å². The minimum atomic E-state index is 0.499. The summed E-state index contributed by atoms with van der Waals surface area (Å²) in [6, 6.07) is 0.624. The molecular weight excluding hydrogens is 188 g/mol. The Labute approximate surface area is 92.3 Å². The zero-order valence-electron chi connectivity index (χ0n) is 9.67. The molecule has 0 unspecified atom stereocenters. The van der Waals surface area contributed by atoms with Crippen LogP contribution in [0.1, 0.15) is 45.4 Å². The number of hydrogen-bond donors (Lipinski definition) is 1. The molecule has 0 atom stereocenters. The van der Waals surface area contributed by atoms with Crippen molar-refractivity contribution in [3.05, 3.63) is 0 Å². The molecule has 1 saturated carbocycles. The predicted octanol–water partition coefficient (Wildman–Crippen LogP) is 2.12. The van der Waals surface area contributed by atoms with Crippen LogP contribution in [0.2, 0.25) is 0 Å². The van der Waals surface area contributed by atoms with E-state index in [1.54, 1.807) is 0 Å². The summed E-state index contributed by atoms with van der Waals surface area (Å²) in [5.41, 5.74) is 0. The van der Waals surface area contributed by atoms with E-state index in [-0.39, 0.29) is 0 Å². The molecule has 1 aliphatic heterocycles. The van der Waals surface area contributed by atoms with Crippen molar-refractivity contribution in [2.75, 3.05) is 13.2 Å². The van der Waals surface area contributed by atoms with Gasteiger partial charge in [-0.25, -0.2) is 0 Å². The summed E-state index contributed by atoms with van der Waals surface area (Å²) < 4.78 is 5.54. The van der Waals surface area contributed by atoms with Gasteiger partial charge in [0.05, 0.1) is 11.9 Å². The molecule has 0 spiro atoms. The lowest BCUT2D eigenvalue weighted by Crippen LogP contribution is -2.47. The van der Waals surface area contributed by atoms with Crippen LogP contribution in [0.4, 0.5) is 0 Å². The summed E-state index contributed by atoms with van der Waals surface area (Å²) in [5, 5.41) is 3.55. The Morgan fingerprint density at radius 2 is 2.20 bits per heavy atom. The lowest BCUT2D eigenvalue weighted by molar-refractivity contribution is -0.00570. The molecule has 0 bridgehead atoms. The second-order valence-electron chi connectivity index (χ2n) is 4.53. The predicted molar refractivity (Wildman–Crippen MR) is 62.3 cm³/mol. The molecular formula is C12H22N2O. The maximum atomic E-state index is 5.54. The van der Waals surface area contributed by atoms with E-state index in [4.69, 9.17) is 4.74 Å². The third kappa shape index (κ3) is 3.20. The fraction of sp³-hybridized carbons (Fsp3) is 0.917. The number of rotatable bonds is 3. The smallest absolute Gasteiger partial charge is 0.0965 e. The molecule has 86 valence electrons. The SMILES string of the molecule is CCOC1CC(NC2=NCCCCC2)C1. The minimum absolute atomic E-state index is 0.499. The Balaban J connectivity index is 1.67. The molecule has 3 heteroatoms. The molecule has 1 N–H and O–H groups in total. The highest BCUT2D eigenvalue weighted by Gasteiger charge is 2.29. The van der Waals surface area contributed by atoms with Crippen molar-refractivity contribution in [3.8, 4) is 0 Å². The molecule has 0 amide bonds. The van der Waals surface area contributed by atoms with Crippen molar-refractivity contribution in [1.29, 1.82) is 0 Å². The highest BCUT2D eigenvalue weighted by molar-refractivity contribution is 5.82. The molecule has 0 aromatic rings. The van der Waals surface area contributed by atoms with Gasteiger partial charge in [-0.05, 0) is 32.6 Å². The monoisotopic (exact) mass is 210 g/mol. The maximum absolute atomic E-state index is 5.54. The van der Waals surface area contributed by atoms with E-state index in [2.05, 4.69) is 17.2 Å². The first-order valence-electron chi connectivity index (χ1n) is 6.30. The summed E-state index contributed by atoms with van der Waals surface area (Å²) in [7, 11) is 0. The first kappa shape index (κ1) is 10.9. The van der Waals surface area contributed by atoms with Crippen LogP contribution in [0.15, 0.2) is 4.99 Å². The quantitative estimate of drug-likeness (QED) is 0.774. The number of nitrogens with zero attached hydrogens (tertiary/aromatic N) is 1. The molecule has 0 aromatic carbocycles. The Bertz CT molecular complexity index is 222. The van der Waals surface area contributed by atoms with Crippen LogP contribution in [0.5, 0.6) is 0 Å². The molecule has 0 radical (unpaired) electrons. The largest absolute Gasteiger partial charge is 0.378 e. The highest BCUT2D eigenvalue weighted by Crippen LogP contribution is 2.23. The van der Waals surface area contributed by atoms with Crippen LogP contribution in [-0.2, 0) is 4.74 Å². The second kappa shape index (κ2) is 5.50. The standard InChI is InChI=1S/C12H22N2O/c1-2-15-11-8-10(9-11)14-12-6-4-3-5-7-13-12/h10-11H,2-9H2,1H3,(H,13,14). The minimum Gasteiger partial charge on any atom is -0.378 e. The first-order chi connectivity index (χ1) is 7.38. The van der Waals surface area contributed by atoms with Gasteiger partial charge in [0, 0.05) is 25.6 Å². The molecule has 0 aromatic heterocycles. The molecule has 2 aliphatic rings. The van der Waals surface area contributed by atoms with Crippen LogP contribution < -0.4 is 5.32 Å². The molecule has 15 heavy (non-hydrogen) atoms. The molecule has 2 rings (SSSR count). The van der Waals surface area contributed by atoms with E-state index < -0.39 is 0 Å². The Morgan fingerprint density at radius 3 is 3.00 bits per heavy atom. The van der Waals surface area contributed by atoms with Crippen molar-refractivity contribution in [1.82, 2.24) is 5.32 Å². The second-order valence-corrected chi connectivity index (χ2v) is 4.53. The number of hydrogen-bond acceptors (Lipinski definition) is 3. The summed E-state index contributed by atoms with van der Waals surface area (Å²) in [5.74, 6) is 1.24. The Hall–Kier alpha value is -0.570. The number of aliphatic imine (C=N–C) groups is 1. The zero-order chi connectivity index (χ0) is 10.5. The van der Waals surface area contributed by atoms with E-state index in [9.17, 15) is 0 Å². The molecule has 3 nitrogen and oxygen atoms in total. The van der Waals surface area contributed by atoms with Crippen LogP contribution >= 0.6 is 0 Å². The fourth-order valence-corrected chi connectivity index (χ4v) is 2.28. The van der Waals surface area contributed by atoms with Gasteiger partial charge < -0.3 is 10.1 Å². The van der Waals surface area contributed by atoms with Crippen LogP contribution in [0.25, 0.3) is 0 Å². The normalized spacial score (nSPS) is 31.4. The average Bonchev–Trinajstić information content (AvgIpc) is 2.43. The molecule has 1 heterocycles. The van der Waals surface area contributed by atoms with Gasteiger partial charge >= 0.3 is 0 Å². The molecule has 1 fully saturated rings. The Morgan fingerprint density at radius 1 is 1.33 bits per heavy atom. The van der Waals surface area contributed by atoms with Crippen molar-refractivity contribution in [2.45, 2.75) is 57.6 Å². The van der Waals surface area contributed by atoms with Crippen LogP contribution in [-0.4, -0.2) is 31.1 Å². The van der Waals surface area contributed by atoms with E-state index in [0.29, 0.717) is 12.1 Å². The fourth-order valence-electron chi connectivity index (χ4n) is 2.28. The van der Waals surface area contributed by atoms with Gasteiger partial charge in [-0.2, -0.15) is 0 Å². The number of nitrogens with one attached hydrogen (secondary N) is 1. The summed E-state index contributed by atoms with van der Waals surface area (Å²) in [4.78, 5) is 4.58. The lowest BCUT2D eigenvalue weighted by atomic mass is 9.89. The van der Waals surface area contributed by atoms with Crippen molar-refractivity contribution in [2.24, 2.45) is 4.99 Å². The van der Waals surface area contributed by atoms with Gasteiger partial charge in [0.2, 0.25) is 0 Å². The van der Waals surface area contributed by atoms with E-state index in [1.165, 1.54) is 25.1 Å². The lowest BCUT2D eigenvalue weighted by Gasteiger charge is -2.36. The van der Waals surface area contributed by atoms with Crippen molar-refractivity contribution >= 4 is 5.84 Å². The van der Waals surface area contributed by atoms with Crippen molar-refractivity contribution in [3.63, 3.8) is 0 Å². The topological polar surface area (TPSA) is 33.6 Å². The average molecular weight is 210 g/mol. The number of ether oxygens (including phenoxy) is 1. The maximum Gasteiger partial charge on any atom is 0.0965 e. The van der Waals surface area contributed by atoms with Gasteiger partial charge in [-0.3, -0.25) is 4.99 Å². The van der Waals surface area contributed by atoms with Gasteiger partial charge in [-0.15, -0.1) is 0 Å². The summed E-state index contributed by atoms with van der Waals surface area (Å²) in [6.07, 6.45) is 7.86. The Kier molecular flexibility index (Phi) is 4.01. The third-order valence-electron chi connectivity index (χ3n) is 3.24. The van der Waals surface area contributed by atoms with Crippen LogP contribution in [0.3, 0.4) is 0 Å². The van der Waals surface area contributed by atoms with Gasteiger partial charge in [0.1, 0.15) is 0 Å². The van der Waals surface area contributed by atoms with E-state index in [0.717, 1.165) is 32.4 Å². The first-order valence-corrected chi connectivity index (χ1v) is 6.30. The molecule has 1 aliphatic carbocycles. The third-order valence-corrected chi connectivity index (χ3v) is 3.24. The van der Waals surface area contributed by atoms with Gasteiger partial charge in [-0.1, -0.05) is 6.42 Å². The van der Waals surface area contributed by atoms with E-state index >= 15 is 0 Å². The van der Waals surface area contributed by atoms with Gasteiger partial charge in [0.15, 0.2) is 0 Å². The highest BCUT2D eigenvalue weighted by atomic mass is 16.5. The zero-order valence-corrected chi connectivity index (χ0v) is 9.67. The van der Waals surface area contributed by atoms with Gasteiger partial charge in [0.25, 0.3) is 0 Å². The number of amidine groups is 1. The summed E-state index contributed by atoms with van der Waals surface area (Å²) in [6.45, 7) is 3.93. The van der Waals surface area contributed by atoms with E-state index in [1.807, 2.05) is 0 Å². The molecule has 0 saturated heterocycles. The van der Waals surface area contributed by atoms with Crippen molar-refractivity contribution < 1.29 is 4.74 Å². The summed E-state index contributed by atoms with van der Waals surface area (Å²) >= 11 is 0.